The van der Waals surface area contributed by atoms with Crippen LogP contribution in [0.5, 0.6) is 0 Å². The van der Waals surface area contributed by atoms with Crippen molar-refractivity contribution < 1.29 is 14.7 Å². The Bertz CT molecular complexity index is 543. The molecule has 0 unspecified atom stereocenters. The maximum absolute atomic E-state index is 11.2. The first-order chi connectivity index (χ1) is 7.82. The second-order valence-corrected chi connectivity index (χ2v) is 4.22. The van der Waals surface area contributed by atoms with E-state index in [1.54, 1.807) is 0 Å². The van der Waals surface area contributed by atoms with E-state index in [1.165, 1.54) is 0 Å². The zero-order valence-corrected chi connectivity index (χ0v) is 10.7. The maximum Gasteiger partial charge on any atom is 0.338 e. The number of carbonyl (C=O) groups excluding carboxylic acids is 1. The number of hydrogen-bond acceptors (Lipinski definition) is 3. The van der Waals surface area contributed by atoms with Gasteiger partial charge in [-0.25, -0.2) is 4.79 Å². The predicted octanol–water partition coefficient (Wildman–Crippen LogP) is 3.91. The predicted molar refractivity (Wildman–Crippen MR) is 63.6 cm³/mol. The number of carbonyl (C=O) groups is 2. The van der Waals surface area contributed by atoms with E-state index in [0.717, 1.165) is 0 Å². The Hall–Kier alpha value is -0.880. The van der Waals surface area contributed by atoms with Crippen LogP contribution in [0.2, 0.25) is 20.1 Å². The van der Waals surface area contributed by atoms with Gasteiger partial charge in [-0.15, -0.1) is 4.91 Å². The first-order valence-corrected chi connectivity index (χ1v) is 5.31. The standard InChI is InChI=1S/C8HCl4NO4/c9-3-1(7(14)13-17)2(8(15)16)4(10)6(12)5(3)11/h(H,15,16). The van der Waals surface area contributed by atoms with Crippen molar-refractivity contribution in [3.63, 3.8) is 0 Å². The van der Waals surface area contributed by atoms with Gasteiger partial charge in [0.15, 0.2) is 0 Å². The van der Waals surface area contributed by atoms with Gasteiger partial charge in [0.2, 0.25) is 0 Å². The van der Waals surface area contributed by atoms with Gasteiger partial charge in [-0.05, 0) is 0 Å². The van der Waals surface area contributed by atoms with Crippen molar-refractivity contribution in [2.24, 2.45) is 5.18 Å². The highest BCUT2D eigenvalue weighted by molar-refractivity contribution is 6.54. The van der Waals surface area contributed by atoms with E-state index in [9.17, 15) is 14.5 Å². The lowest BCUT2D eigenvalue weighted by molar-refractivity contribution is 0.0692. The summed E-state index contributed by atoms with van der Waals surface area (Å²) < 4.78 is 0. The average molecular weight is 317 g/mol. The summed E-state index contributed by atoms with van der Waals surface area (Å²) in [5.41, 5.74) is -1.40. The Morgan fingerprint density at radius 1 is 0.882 bits per heavy atom. The van der Waals surface area contributed by atoms with Gasteiger partial charge in [0.1, 0.15) is 0 Å². The van der Waals surface area contributed by atoms with Crippen LogP contribution in [0.1, 0.15) is 20.7 Å². The Morgan fingerprint density at radius 2 is 1.29 bits per heavy atom. The van der Waals surface area contributed by atoms with Crippen LogP contribution in [-0.2, 0) is 0 Å². The largest absolute Gasteiger partial charge is 0.478 e. The van der Waals surface area contributed by atoms with E-state index in [4.69, 9.17) is 51.5 Å². The van der Waals surface area contributed by atoms with Crippen LogP contribution in [0.15, 0.2) is 5.18 Å². The first-order valence-electron chi connectivity index (χ1n) is 3.79. The first kappa shape index (κ1) is 14.2. The molecule has 0 aliphatic rings. The Kier molecular flexibility index (Phi) is 4.32. The Balaban J connectivity index is 3.84. The molecule has 0 spiro atoms. The molecule has 1 rings (SSSR count). The highest BCUT2D eigenvalue weighted by Gasteiger charge is 2.29. The summed E-state index contributed by atoms with van der Waals surface area (Å²) in [7, 11) is 0. The molecule has 0 fully saturated rings. The Morgan fingerprint density at radius 3 is 1.65 bits per heavy atom. The number of hydrogen-bond donors (Lipinski definition) is 1. The smallest absolute Gasteiger partial charge is 0.338 e. The summed E-state index contributed by atoms with van der Waals surface area (Å²) in [4.78, 5) is 32.3. The number of benzene rings is 1. The van der Waals surface area contributed by atoms with Gasteiger partial charge >= 0.3 is 11.9 Å². The topological polar surface area (TPSA) is 83.8 Å². The highest BCUT2D eigenvalue weighted by Crippen LogP contribution is 2.41. The molecule has 0 saturated heterocycles. The van der Waals surface area contributed by atoms with Gasteiger partial charge in [0.25, 0.3) is 0 Å². The fourth-order valence-corrected chi connectivity index (χ4v) is 2.09. The van der Waals surface area contributed by atoms with Gasteiger partial charge in [-0.3, -0.25) is 4.79 Å². The summed E-state index contributed by atoms with van der Waals surface area (Å²) in [5, 5.41) is 9.35. The lowest BCUT2D eigenvalue weighted by atomic mass is 10.1. The zero-order chi connectivity index (χ0) is 13.3. The van der Waals surface area contributed by atoms with Crippen molar-refractivity contribution >= 4 is 58.3 Å². The number of amides is 1. The van der Waals surface area contributed by atoms with Crippen LogP contribution in [0.3, 0.4) is 0 Å². The summed E-state index contributed by atoms with van der Waals surface area (Å²) >= 11 is 22.5. The van der Waals surface area contributed by atoms with Gasteiger partial charge < -0.3 is 5.11 Å². The van der Waals surface area contributed by atoms with Gasteiger partial charge in [0.05, 0.1) is 31.2 Å². The molecule has 1 aromatic carbocycles. The highest BCUT2D eigenvalue weighted by atomic mass is 35.5. The number of halogens is 4. The SMILES string of the molecule is O=NC(=O)c1c(Cl)c(Cl)c(Cl)c(Cl)c1C(=O)O. The van der Waals surface area contributed by atoms with Crippen molar-refractivity contribution in [3.05, 3.63) is 36.1 Å². The van der Waals surface area contributed by atoms with Crippen molar-refractivity contribution in [2.45, 2.75) is 0 Å². The van der Waals surface area contributed by atoms with Crippen LogP contribution in [-0.4, -0.2) is 17.0 Å². The van der Waals surface area contributed by atoms with Gasteiger partial charge in [-0.2, -0.15) is 0 Å². The van der Waals surface area contributed by atoms with Crippen LogP contribution in [0.4, 0.5) is 0 Å². The fraction of sp³-hybridized carbons (Fsp3) is 0. The number of carboxylic acids is 1. The second-order valence-electron chi connectivity index (χ2n) is 2.71. The minimum absolute atomic E-state index is 0.321. The average Bonchev–Trinajstić information content (AvgIpc) is 2.29. The Labute approximate surface area is 114 Å². The summed E-state index contributed by atoms with van der Waals surface area (Å²) in [6, 6.07) is 0. The van der Waals surface area contributed by atoms with Crippen LogP contribution < -0.4 is 0 Å². The zero-order valence-electron chi connectivity index (χ0n) is 7.63. The lowest BCUT2D eigenvalue weighted by Crippen LogP contribution is -2.09. The van der Waals surface area contributed by atoms with E-state index in [-0.39, 0.29) is 10.0 Å². The number of rotatable bonds is 2. The third kappa shape index (κ3) is 2.37. The van der Waals surface area contributed by atoms with Gasteiger partial charge in [-0.1, -0.05) is 46.4 Å². The molecule has 1 N–H and O–H groups in total. The molecule has 0 atom stereocenters. The molecule has 0 aromatic heterocycles. The number of nitroso groups, excluding NO2 is 1. The lowest BCUT2D eigenvalue weighted by Gasteiger charge is -2.10. The summed E-state index contributed by atoms with van der Waals surface area (Å²) in [6.45, 7) is 0. The van der Waals surface area contributed by atoms with Crippen molar-refractivity contribution in [1.29, 1.82) is 0 Å². The van der Waals surface area contributed by atoms with Crippen molar-refractivity contribution in [2.75, 3.05) is 0 Å². The molecule has 1 amide bonds. The molecule has 17 heavy (non-hydrogen) atoms. The molecule has 9 heteroatoms. The molecule has 90 valence electrons. The molecular weight excluding hydrogens is 316 g/mol. The molecule has 0 radical (unpaired) electrons. The van der Waals surface area contributed by atoms with Crippen LogP contribution >= 0.6 is 46.4 Å². The van der Waals surface area contributed by atoms with Crippen molar-refractivity contribution in [3.8, 4) is 0 Å². The van der Waals surface area contributed by atoms with E-state index in [1.807, 2.05) is 0 Å². The second kappa shape index (κ2) is 5.18. The van der Waals surface area contributed by atoms with E-state index < -0.39 is 33.0 Å². The van der Waals surface area contributed by atoms with Gasteiger partial charge in [0, 0.05) is 5.18 Å². The molecule has 0 saturated carbocycles. The third-order valence-corrected chi connectivity index (χ3v) is 3.58. The number of nitrogens with zero attached hydrogens (tertiary/aromatic N) is 1. The molecule has 0 aliphatic carbocycles. The number of aromatic carboxylic acids is 1. The monoisotopic (exact) mass is 315 g/mol. The quantitative estimate of drug-likeness (QED) is 0.509. The molecule has 1 aromatic rings. The fourth-order valence-electron chi connectivity index (χ4n) is 1.08. The third-order valence-electron chi connectivity index (χ3n) is 1.78. The minimum atomic E-state index is -1.58. The van der Waals surface area contributed by atoms with Crippen molar-refractivity contribution in [1.82, 2.24) is 0 Å². The molecule has 0 aliphatic heterocycles. The van der Waals surface area contributed by atoms with Crippen LogP contribution in [0, 0.1) is 4.91 Å². The van der Waals surface area contributed by atoms with E-state index in [0.29, 0.717) is 0 Å². The number of carboxylic acid groups (broad SMARTS) is 1. The molecular formula is C8HCl4NO4. The molecule has 5 nitrogen and oxygen atoms in total. The van der Waals surface area contributed by atoms with Crippen LogP contribution in [0.25, 0.3) is 0 Å². The molecule has 0 bridgehead atoms. The summed E-state index contributed by atoms with van der Waals surface area (Å²) in [5.74, 6) is -2.98. The normalized spacial score (nSPS) is 10.1. The summed E-state index contributed by atoms with van der Waals surface area (Å²) in [6.07, 6.45) is 0. The van der Waals surface area contributed by atoms with E-state index in [2.05, 4.69) is 5.18 Å². The maximum atomic E-state index is 11.2. The van der Waals surface area contributed by atoms with E-state index >= 15 is 0 Å². The molecule has 0 heterocycles. The minimum Gasteiger partial charge on any atom is -0.478 e.